The SMILES string of the molecule is O=C(c1ccsc1)N1CC[C@@H](O)[C@@H]1Cc1ccccc1. The van der Waals surface area contributed by atoms with Gasteiger partial charge in [-0.3, -0.25) is 4.79 Å². The molecule has 0 saturated carbocycles. The molecule has 0 radical (unpaired) electrons. The molecule has 1 aromatic heterocycles. The Morgan fingerprint density at radius 1 is 1.30 bits per heavy atom. The first-order valence-electron chi connectivity index (χ1n) is 6.81. The molecular formula is C16H17NO2S. The van der Waals surface area contributed by atoms with E-state index < -0.39 is 6.10 Å². The Labute approximate surface area is 122 Å². The number of rotatable bonds is 3. The van der Waals surface area contributed by atoms with Gasteiger partial charge in [0.15, 0.2) is 0 Å². The maximum atomic E-state index is 12.5. The third-order valence-electron chi connectivity index (χ3n) is 3.83. The molecule has 1 N–H and O–H groups in total. The molecule has 2 heterocycles. The molecule has 1 aromatic carbocycles. The van der Waals surface area contributed by atoms with Crippen LogP contribution in [0.25, 0.3) is 0 Å². The van der Waals surface area contributed by atoms with Crippen molar-refractivity contribution in [2.45, 2.75) is 25.0 Å². The Bertz CT molecular complexity index is 567. The van der Waals surface area contributed by atoms with Crippen LogP contribution in [0.4, 0.5) is 0 Å². The van der Waals surface area contributed by atoms with Crippen LogP contribution in [0.2, 0.25) is 0 Å². The second-order valence-corrected chi connectivity index (χ2v) is 5.90. The Hall–Kier alpha value is -1.65. The zero-order valence-electron chi connectivity index (χ0n) is 11.1. The molecule has 4 heteroatoms. The van der Waals surface area contributed by atoms with Gasteiger partial charge in [0.1, 0.15) is 0 Å². The summed E-state index contributed by atoms with van der Waals surface area (Å²) in [6.45, 7) is 0.632. The summed E-state index contributed by atoms with van der Waals surface area (Å²) in [5.74, 6) is 0.0312. The predicted molar refractivity (Wildman–Crippen MR) is 79.9 cm³/mol. The maximum absolute atomic E-state index is 12.5. The van der Waals surface area contributed by atoms with E-state index in [4.69, 9.17) is 0 Å². The second kappa shape index (κ2) is 5.77. The summed E-state index contributed by atoms with van der Waals surface area (Å²) >= 11 is 1.52. The zero-order chi connectivity index (χ0) is 13.9. The summed E-state index contributed by atoms with van der Waals surface area (Å²) in [6.07, 6.45) is 0.934. The lowest BCUT2D eigenvalue weighted by atomic mass is 10.0. The van der Waals surface area contributed by atoms with Crippen LogP contribution in [0.5, 0.6) is 0 Å². The number of likely N-dealkylation sites (tertiary alicyclic amines) is 1. The molecule has 1 aliphatic heterocycles. The second-order valence-electron chi connectivity index (χ2n) is 5.12. The smallest absolute Gasteiger partial charge is 0.255 e. The monoisotopic (exact) mass is 287 g/mol. The van der Waals surface area contributed by atoms with Gasteiger partial charge in [0.25, 0.3) is 5.91 Å². The molecule has 0 spiro atoms. The van der Waals surface area contributed by atoms with Gasteiger partial charge < -0.3 is 10.0 Å². The van der Waals surface area contributed by atoms with Crippen LogP contribution in [0, 0.1) is 0 Å². The van der Waals surface area contributed by atoms with Crippen LogP contribution >= 0.6 is 11.3 Å². The first-order chi connectivity index (χ1) is 9.75. The molecule has 0 aliphatic carbocycles. The number of aliphatic hydroxyl groups is 1. The third kappa shape index (κ3) is 2.62. The molecule has 1 saturated heterocycles. The molecular weight excluding hydrogens is 270 g/mol. The highest BCUT2D eigenvalue weighted by Gasteiger charge is 2.36. The van der Waals surface area contributed by atoms with Gasteiger partial charge in [-0.2, -0.15) is 11.3 Å². The summed E-state index contributed by atoms with van der Waals surface area (Å²) in [5, 5.41) is 14.0. The number of aliphatic hydroxyl groups excluding tert-OH is 1. The Kier molecular flexibility index (Phi) is 3.85. The van der Waals surface area contributed by atoms with Crippen LogP contribution in [0.3, 0.4) is 0 Å². The maximum Gasteiger partial charge on any atom is 0.255 e. The summed E-state index contributed by atoms with van der Waals surface area (Å²) in [4.78, 5) is 14.3. The minimum absolute atomic E-state index is 0.0312. The molecule has 1 aliphatic rings. The largest absolute Gasteiger partial charge is 0.391 e. The van der Waals surface area contributed by atoms with Crippen molar-refractivity contribution in [3.05, 3.63) is 58.3 Å². The van der Waals surface area contributed by atoms with E-state index >= 15 is 0 Å². The van der Waals surface area contributed by atoms with Gasteiger partial charge in [0.05, 0.1) is 17.7 Å². The quantitative estimate of drug-likeness (QED) is 0.942. The molecule has 2 atom stereocenters. The van der Waals surface area contributed by atoms with Crippen molar-refractivity contribution in [3.63, 3.8) is 0 Å². The van der Waals surface area contributed by atoms with Gasteiger partial charge in [0.2, 0.25) is 0 Å². The fraction of sp³-hybridized carbons (Fsp3) is 0.312. The zero-order valence-corrected chi connectivity index (χ0v) is 11.9. The first-order valence-corrected chi connectivity index (χ1v) is 7.75. The van der Waals surface area contributed by atoms with E-state index in [1.165, 1.54) is 11.3 Å². The number of benzene rings is 1. The first kappa shape index (κ1) is 13.3. The summed E-state index contributed by atoms with van der Waals surface area (Å²) < 4.78 is 0. The normalized spacial score (nSPS) is 22.1. The molecule has 1 fully saturated rings. The fourth-order valence-corrected chi connectivity index (χ4v) is 3.37. The Morgan fingerprint density at radius 2 is 2.10 bits per heavy atom. The van der Waals surface area contributed by atoms with Crippen molar-refractivity contribution in [1.29, 1.82) is 0 Å². The van der Waals surface area contributed by atoms with Gasteiger partial charge in [-0.15, -0.1) is 0 Å². The highest BCUT2D eigenvalue weighted by molar-refractivity contribution is 7.08. The van der Waals surface area contributed by atoms with Crippen molar-refractivity contribution in [1.82, 2.24) is 4.90 Å². The van der Waals surface area contributed by atoms with Crippen molar-refractivity contribution < 1.29 is 9.90 Å². The van der Waals surface area contributed by atoms with Crippen LogP contribution in [-0.2, 0) is 6.42 Å². The van der Waals surface area contributed by atoms with Crippen molar-refractivity contribution in [2.75, 3.05) is 6.54 Å². The molecule has 3 nitrogen and oxygen atoms in total. The van der Waals surface area contributed by atoms with E-state index in [1.54, 1.807) is 0 Å². The van der Waals surface area contributed by atoms with Crippen molar-refractivity contribution in [3.8, 4) is 0 Å². The number of nitrogens with zero attached hydrogens (tertiary/aromatic N) is 1. The highest BCUT2D eigenvalue weighted by atomic mass is 32.1. The minimum atomic E-state index is -0.433. The van der Waals surface area contributed by atoms with Gasteiger partial charge in [-0.25, -0.2) is 0 Å². The topological polar surface area (TPSA) is 40.5 Å². The number of hydrogen-bond acceptors (Lipinski definition) is 3. The molecule has 104 valence electrons. The molecule has 20 heavy (non-hydrogen) atoms. The van der Waals surface area contributed by atoms with Crippen LogP contribution in [-0.4, -0.2) is 34.6 Å². The van der Waals surface area contributed by atoms with Crippen LogP contribution in [0.1, 0.15) is 22.3 Å². The number of thiophene rings is 1. The molecule has 1 amide bonds. The summed E-state index contributed by atoms with van der Waals surface area (Å²) in [5.41, 5.74) is 1.88. The van der Waals surface area contributed by atoms with Crippen molar-refractivity contribution >= 4 is 17.2 Å². The van der Waals surface area contributed by atoms with E-state index in [2.05, 4.69) is 0 Å². The number of carbonyl (C=O) groups is 1. The van der Waals surface area contributed by atoms with Gasteiger partial charge in [-0.05, 0) is 29.9 Å². The molecule has 3 rings (SSSR count). The number of carbonyl (C=O) groups excluding carboxylic acids is 1. The van der Waals surface area contributed by atoms with E-state index in [1.807, 2.05) is 52.1 Å². The third-order valence-corrected chi connectivity index (χ3v) is 4.51. The fourth-order valence-electron chi connectivity index (χ4n) is 2.74. The summed E-state index contributed by atoms with van der Waals surface area (Å²) in [7, 11) is 0. The lowest BCUT2D eigenvalue weighted by Crippen LogP contribution is -2.41. The number of hydrogen-bond donors (Lipinski definition) is 1. The molecule has 2 aromatic rings. The average Bonchev–Trinajstić information content (AvgIpc) is 3.11. The Balaban J connectivity index is 1.78. The predicted octanol–water partition coefficient (Wildman–Crippen LogP) is 2.57. The van der Waals surface area contributed by atoms with Gasteiger partial charge in [-0.1, -0.05) is 30.3 Å². The standard InChI is InChI=1S/C16H17NO2S/c18-15-6-8-17(16(19)13-7-9-20-11-13)14(15)10-12-4-2-1-3-5-12/h1-5,7,9,11,14-15,18H,6,8,10H2/t14-,15+/m0/s1. The highest BCUT2D eigenvalue weighted by Crippen LogP contribution is 2.24. The van der Waals surface area contributed by atoms with E-state index in [0.717, 1.165) is 11.1 Å². The van der Waals surface area contributed by atoms with Crippen molar-refractivity contribution in [2.24, 2.45) is 0 Å². The summed E-state index contributed by atoms with van der Waals surface area (Å²) in [6, 6.07) is 11.8. The van der Waals surface area contributed by atoms with E-state index in [-0.39, 0.29) is 11.9 Å². The Morgan fingerprint density at radius 3 is 2.80 bits per heavy atom. The van der Waals surface area contributed by atoms with Gasteiger partial charge in [0, 0.05) is 11.9 Å². The van der Waals surface area contributed by atoms with E-state index in [0.29, 0.717) is 19.4 Å². The van der Waals surface area contributed by atoms with Gasteiger partial charge >= 0.3 is 0 Å². The lowest BCUT2D eigenvalue weighted by Gasteiger charge is -2.26. The van der Waals surface area contributed by atoms with Crippen LogP contribution < -0.4 is 0 Å². The molecule has 0 bridgehead atoms. The van der Waals surface area contributed by atoms with Crippen LogP contribution in [0.15, 0.2) is 47.2 Å². The number of amides is 1. The lowest BCUT2D eigenvalue weighted by molar-refractivity contribution is 0.0640. The van der Waals surface area contributed by atoms with E-state index in [9.17, 15) is 9.90 Å². The molecule has 0 unspecified atom stereocenters. The average molecular weight is 287 g/mol. The minimum Gasteiger partial charge on any atom is -0.391 e.